The zero-order valence-corrected chi connectivity index (χ0v) is 10.1. The molecule has 1 unspecified atom stereocenters. The van der Waals surface area contributed by atoms with Crippen LogP contribution < -0.4 is 5.32 Å². The van der Waals surface area contributed by atoms with Crippen molar-refractivity contribution in [3.05, 3.63) is 0 Å². The van der Waals surface area contributed by atoms with Crippen molar-refractivity contribution in [3.8, 4) is 0 Å². The van der Waals surface area contributed by atoms with Crippen LogP contribution in [-0.2, 0) is 4.74 Å². The summed E-state index contributed by atoms with van der Waals surface area (Å²) in [5.41, 5.74) is 0.123. The second kappa shape index (κ2) is 5.13. The van der Waals surface area contributed by atoms with E-state index >= 15 is 0 Å². The Kier molecular flexibility index (Phi) is 4.39. The van der Waals surface area contributed by atoms with Gasteiger partial charge in [-0.05, 0) is 32.7 Å². The van der Waals surface area contributed by atoms with Crippen molar-refractivity contribution in [2.24, 2.45) is 5.92 Å². The number of hydrogen-bond donors (Lipinski definition) is 1. The molecule has 14 heavy (non-hydrogen) atoms. The third kappa shape index (κ3) is 2.29. The van der Waals surface area contributed by atoms with Gasteiger partial charge < -0.3 is 10.1 Å². The first kappa shape index (κ1) is 12.0. The molecule has 1 aliphatic carbocycles. The van der Waals surface area contributed by atoms with E-state index in [1.165, 1.54) is 25.7 Å². The molecule has 0 aromatic heterocycles. The van der Waals surface area contributed by atoms with E-state index in [2.05, 4.69) is 33.1 Å². The van der Waals surface area contributed by atoms with Crippen molar-refractivity contribution in [1.82, 2.24) is 5.32 Å². The van der Waals surface area contributed by atoms with Crippen molar-refractivity contribution in [1.29, 1.82) is 0 Å². The number of rotatable bonds is 5. The summed E-state index contributed by atoms with van der Waals surface area (Å²) in [4.78, 5) is 0. The molecule has 0 aromatic carbocycles. The van der Waals surface area contributed by atoms with Crippen molar-refractivity contribution >= 4 is 0 Å². The SMILES string of the molecule is CCOC1(C(NC)C(C)C)CCCC1. The molecule has 2 nitrogen and oxygen atoms in total. The summed E-state index contributed by atoms with van der Waals surface area (Å²) in [5, 5.41) is 3.44. The van der Waals surface area contributed by atoms with Gasteiger partial charge in [-0.15, -0.1) is 0 Å². The summed E-state index contributed by atoms with van der Waals surface area (Å²) in [6, 6.07) is 0.505. The molecule has 1 rings (SSSR count). The van der Waals surface area contributed by atoms with Crippen molar-refractivity contribution in [3.63, 3.8) is 0 Å². The number of nitrogens with one attached hydrogen (secondary N) is 1. The zero-order chi connectivity index (χ0) is 10.6. The van der Waals surface area contributed by atoms with Gasteiger partial charge in [-0.2, -0.15) is 0 Å². The minimum absolute atomic E-state index is 0.123. The Morgan fingerprint density at radius 3 is 2.21 bits per heavy atom. The lowest BCUT2D eigenvalue weighted by atomic mass is 9.84. The smallest absolute Gasteiger partial charge is 0.0836 e. The lowest BCUT2D eigenvalue weighted by Gasteiger charge is -2.39. The van der Waals surface area contributed by atoms with E-state index in [1.807, 2.05) is 0 Å². The molecule has 84 valence electrons. The third-order valence-electron chi connectivity index (χ3n) is 3.43. The molecule has 0 spiro atoms. The summed E-state index contributed by atoms with van der Waals surface area (Å²) in [5.74, 6) is 0.643. The molecule has 0 aromatic rings. The van der Waals surface area contributed by atoms with Crippen LogP contribution in [0.4, 0.5) is 0 Å². The Morgan fingerprint density at radius 1 is 1.29 bits per heavy atom. The molecule has 0 aliphatic heterocycles. The van der Waals surface area contributed by atoms with E-state index in [0.717, 1.165) is 6.61 Å². The van der Waals surface area contributed by atoms with Gasteiger partial charge in [0, 0.05) is 12.6 Å². The first-order chi connectivity index (χ1) is 6.66. The molecule has 2 heteroatoms. The maximum absolute atomic E-state index is 6.04. The molecule has 0 heterocycles. The molecule has 0 amide bonds. The highest BCUT2D eigenvalue weighted by atomic mass is 16.5. The average Bonchev–Trinajstić information content (AvgIpc) is 2.55. The lowest BCUT2D eigenvalue weighted by Crippen LogP contribution is -2.52. The van der Waals surface area contributed by atoms with Gasteiger partial charge in [-0.25, -0.2) is 0 Å². The minimum atomic E-state index is 0.123. The molecule has 1 atom stereocenters. The molecular weight excluding hydrogens is 174 g/mol. The first-order valence-electron chi connectivity index (χ1n) is 5.97. The van der Waals surface area contributed by atoms with Crippen LogP contribution in [0.2, 0.25) is 0 Å². The second-order valence-electron chi connectivity index (χ2n) is 4.72. The summed E-state index contributed by atoms with van der Waals surface area (Å²) < 4.78 is 6.04. The van der Waals surface area contributed by atoms with Gasteiger partial charge in [0.15, 0.2) is 0 Å². The van der Waals surface area contributed by atoms with Gasteiger partial charge in [0.05, 0.1) is 5.60 Å². The van der Waals surface area contributed by atoms with Crippen LogP contribution in [0.5, 0.6) is 0 Å². The van der Waals surface area contributed by atoms with Crippen molar-refractivity contribution in [2.75, 3.05) is 13.7 Å². The maximum Gasteiger partial charge on any atom is 0.0836 e. The van der Waals surface area contributed by atoms with Gasteiger partial charge in [0.2, 0.25) is 0 Å². The van der Waals surface area contributed by atoms with E-state index in [4.69, 9.17) is 4.74 Å². The second-order valence-corrected chi connectivity index (χ2v) is 4.72. The summed E-state index contributed by atoms with van der Waals surface area (Å²) in [6.07, 6.45) is 5.10. The van der Waals surface area contributed by atoms with Crippen molar-refractivity contribution in [2.45, 2.75) is 58.1 Å². The van der Waals surface area contributed by atoms with Crippen LogP contribution in [0.25, 0.3) is 0 Å². The number of likely N-dealkylation sites (N-methyl/N-ethyl adjacent to an activating group) is 1. The van der Waals surface area contributed by atoms with Crippen LogP contribution in [0.3, 0.4) is 0 Å². The maximum atomic E-state index is 6.04. The molecular formula is C12H25NO. The molecule has 0 bridgehead atoms. The average molecular weight is 199 g/mol. The van der Waals surface area contributed by atoms with Crippen LogP contribution in [0, 0.1) is 5.92 Å². The highest BCUT2D eigenvalue weighted by Gasteiger charge is 2.42. The lowest BCUT2D eigenvalue weighted by molar-refractivity contribution is -0.0701. The van der Waals surface area contributed by atoms with Crippen molar-refractivity contribution < 1.29 is 4.74 Å². The van der Waals surface area contributed by atoms with Gasteiger partial charge in [0.25, 0.3) is 0 Å². The standard InChI is InChI=1S/C12H25NO/c1-5-14-12(8-6-7-9-12)11(13-4)10(2)3/h10-11,13H,5-9H2,1-4H3. The van der Waals surface area contributed by atoms with Gasteiger partial charge in [-0.3, -0.25) is 0 Å². The highest BCUT2D eigenvalue weighted by Crippen LogP contribution is 2.38. The van der Waals surface area contributed by atoms with Gasteiger partial charge >= 0.3 is 0 Å². The van der Waals surface area contributed by atoms with E-state index in [9.17, 15) is 0 Å². The number of hydrogen-bond acceptors (Lipinski definition) is 2. The van der Waals surface area contributed by atoms with Gasteiger partial charge in [0.1, 0.15) is 0 Å². The molecule has 1 fully saturated rings. The van der Waals surface area contributed by atoms with E-state index in [1.54, 1.807) is 0 Å². The summed E-state index contributed by atoms with van der Waals surface area (Å²) in [6.45, 7) is 7.50. The van der Waals surface area contributed by atoms with E-state index < -0.39 is 0 Å². The summed E-state index contributed by atoms with van der Waals surface area (Å²) in [7, 11) is 2.06. The molecule has 0 saturated heterocycles. The Hall–Kier alpha value is -0.0800. The van der Waals surface area contributed by atoms with Crippen LogP contribution in [0.1, 0.15) is 46.5 Å². The largest absolute Gasteiger partial charge is 0.374 e. The fourth-order valence-corrected chi connectivity index (χ4v) is 3.01. The van der Waals surface area contributed by atoms with Crippen LogP contribution in [0.15, 0.2) is 0 Å². The Balaban J connectivity index is 2.73. The summed E-state index contributed by atoms with van der Waals surface area (Å²) >= 11 is 0. The Morgan fingerprint density at radius 2 is 1.86 bits per heavy atom. The quantitative estimate of drug-likeness (QED) is 0.735. The predicted octanol–water partition coefficient (Wildman–Crippen LogP) is 2.58. The minimum Gasteiger partial charge on any atom is -0.374 e. The molecule has 0 radical (unpaired) electrons. The predicted molar refractivity (Wildman–Crippen MR) is 60.5 cm³/mol. The topological polar surface area (TPSA) is 21.3 Å². The van der Waals surface area contributed by atoms with E-state index in [0.29, 0.717) is 12.0 Å². The van der Waals surface area contributed by atoms with Gasteiger partial charge in [-0.1, -0.05) is 26.7 Å². The highest BCUT2D eigenvalue weighted by molar-refractivity contribution is 4.97. The zero-order valence-electron chi connectivity index (χ0n) is 10.1. The fourth-order valence-electron chi connectivity index (χ4n) is 3.01. The first-order valence-corrected chi connectivity index (χ1v) is 5.97. The normalized spacial score (nSPS) is 22.9. The fraction of sp³-hybridized carbons (Fsp3) is 1.00. The number of ether oxygens (including phenoxy) is 1. The molecule has 1 saturated carbocycles. The Bertz CT molecular complexity index is 162. The monoisotopic (exact) mass is 199 g/mol. The Labute approximate surface area is 88.4 Å². The van der Waals surface area contributed by atoms with Crippen LogP contribution >= 0.6 is 0 Å². The molecule has 1 N–H and O–H groups in total. The van der Waals surface area contributed by atoms with Crippen LogP contribution in [-0.4, -0.2) is 25.3 Å². The van der Waals surface area contributed by atoms with E-state index in [-0.39, 0.29) is 5.60 Å². The third-order valence-corrected chi connectivity index (χ3v) is 3.43. The molecule has 1 aliphatic rings.